The highest BCUT2D eigenvalue weighted by atomic mass is 79.9. The van der Waals surface area contributed by atoms with Crippen LogP contribution in [0.1, 0.15) is 30.4 Å². The summed E-state index contributed by atoms with van der Waals surface area (Å²) in [5, 5.41) is 3.50. The Labute approximate surface area is 115 Å². The third kappa shape index (κ3) is 1.79. The van der Waals surface area contributed by atoms with Crippen LogP contribution in [-0.4, -0.2) is 18.7 Å². The normalized spacial score (nSPS) is 28.6. The van der Waals surface area contributed by atoms with E-state index in [9.17, 15) is 4.79 Å². The quantitative estimate of drug-likeness (QED) is 0.800. The molecule has 0 radical (unpaired) electrons. The summed E-state index contributed by atoms with van der Waals surface area (Å²) in [6, 6.07) is 6.36. The van der Waals surface area contributed by atoms with Crippen LogP contribution in [0.5, 0.6) is 0 Å². The van der Waals surface area contributed by atoms with Gasteiger partial charge in [0, 0.05) is 17.9 Å². The predicted molar refractivity (Wildman–Crippen MR) is 74.9 cm³/mol. The summed E-state index contributed by atoms with van der Waals surface area (Å²) in [5.41, 5.74) is 2.38. The van der Waals surface area contributed by atoms with Gasteiger partial charge in [-0.15, -0.1) is 0 Å². The molecule has 3 nitrogen and oxygen atoms in total. The fourth-order valence-electron chi connectivity index (χ4n) is 3.09. The van der Waals surface area contributed by atoms with E-state index >= 15 is 0 Å². The number of hydrogen-bond donors (Lipinski definition) is 1. The van der Waals surface area contributed by atoms with Crippen molar-refractivity contribution in [1.82, 2.24) is 5.32 Å². The molecule has 1 saturated heterocycles. The summed E-state index contributed by atoms with van der Waals surface area (Å²) in [7, 11) is 1.74. The Morgan fingerprint density at radius 2 is 2.28 bits per heavy atom. The van der Waals surface area contributed by atoms with Crippen LogP contribution in [0.3, 0.4) is 0 Å². The first-order chi connectivity index (χ1) is 8.63. The number of ketones is 1. The number of aryl methyl sites for hydroxylation is 1. The van der Waals surface area contributed by atoms with Crippen molar-refractivity contribution >= 4 is 27.5 Å². The molecule has 3 rings (SSSR count). The van der Waals surface area contributed by atoms with Crippen LogP contribution in [0.2, 0.25) is 0 Å². The van der Waals surface area contributed by atoms with Crippen molar-refractivity contribution in [3.8, 4) is 0 Å². The Bertz CT molecular complexity index is 553. The van der Waals surface area contributed by atoms with Gasteiger partial charge < -0.3 is 5.32 Å². The fraction of sp³-hybridized carbons (Fsp3) is 0.429. The van der Waals surface area contributed by atoms with Gasteiger partial charge in [0.1, 0.15) is 11.6 Å². The molecule has 94 valence electrons. The lowest BCUT2D eigenvalue weighted by Crippen LogP contribution is -2.50. The highest BCUT2D eigenvalue weighted by Gasteiger charge is 2.43. The minimum Gasteiger partial charge on any atom is -0.363 e. The average molecular weight is 307 g/mol. The smallest absolute Gasteiger partial charge is 0.143 e. The number of fused-ring (bicyclic) bond motifs is 2. The second-order valence-corrected chi connectivity index (χ2v) is 5.99. The molecule has 1 spiro atoms. The molecule has 2 aliphatic rings. The topological polar surface area (TPSA) is 41.5 Å². The van der Waals surface area contributed by atoms with Gasteiger partial charge in [-0.1, -0.05) is 22.0 Å². The number of amidine groups is 1. The van der Waals surface area contributed by atoms with E-state index in [0.717, 1.165) is 23.1 Å². The standard InChI is InChI=1S/C14H15BrN2O/c1-16-13-7-11(18)8-14(17-13)5-4-9-2-3-10(15)6-12(9)14/h2-3,6H,4-5,7-8H2,1H3,(H,16,17)/t14-/m0/s1. The predicted octanol–water partition coefficient (Wildman–Crippen LogP) is 2.57. The molecule has 1 aliphatic carbocycles. The second-order valence-electron chi connectivity index (χ2n) is 5.07. The van der Waals surface area contributed by atoms with Gasteiger partial charge in [-0.2, -0.15) is 0 Å². The van der Waals surface area contributed by atoms with E-state index in [1.165, 1.54) is 11.1 Å². The first kappa shape index (κ1) is 11.9. The summed E-state index contributed by atoms with van der Waals surface area (Å²) >= 11 is 3.52. The number of benzene rings is 1. The largest absolute Gasteiger partial charge is 0.363 e. The molecule has 0 saturated carbocycles. The number of halogens is 1. The lowest BCUT2D eigenvalue weighted by atomic mass is 9.82. The Hall–Kier alpha value is -1.16. The van der Waals surface area contributed by atoms with Gasteiger partial charge in [-0.3, -0.25) is 9.79 Å². The molecule has 1 atom stereocenters. The van der Waals surface area contributed by atoms with Gasteiger partial charge >= 0.3 is 0 Å². The van der Waals surface area contributed by atoms with Gasteiger partial charge in [-0.05, 0) is 36.1 Å². The molecule has 4 heteroatoms. The summed E-state index contributed by atoms with van der Waals surface area (Å²) in [4.78, 5) is 16.1. The monoisotopic (exact) mass is 306 g/mol. The molecule has 1 aliphatic heterocycles. The third-order valence-electron chi connectivity index (χ3n) is 3.93. The van der Waals surface area contributed by atoms with E-state index in [4.69, 9.17) is 0 Å². The molecule has 0 aromatic heterocycles. The number of hydrogen-bond acceptors (Lipinski definition) is 2. The zero-order valence-electron chi connectivity index (χ0n) is 10.3. The van der Waals surface area contributed by atoms with E-state index in [-0.39, 0.29) is 11.3 Å². The molecule has 0 unspecified atom stereocenters. The molecule has 0 amide bonds. The van der Waals surface area contributed by atoms with Crippen LogP contribution < -0.4 is 5.32 Å². The molecule has 0 bridgehead atoms. The van der Waals surface area contributed by atoms with Crippen molar-refractivity contribution < 1.29 is 4.79 Å². The Morgan fingerprint density at radius 1 is 1.44 bits per heavy atom. The number of carbonyl (C=O) groups is 1. The Balaban J connectivity index is 2.08. The first-order valence-electron chi connectivity index (χ1n) is 6.17. The van der Waals surface area contributed by atoms with Crippen LogP contribution in [0.15, 0.2) is 27.7 Å². The number of aliphatic imine (C=N–C) groups is 1. The van der Waals surface area contributed by atoms with Crippen molar-refractivity contribution in [3.05, 3.63) is 33.8 Å². The molecule has 1 fully saturated rings. The Kier molecular flexibility index (Phi) is 2.77. The number of carbonyl (C=O) groups excluding carboxylic acids is 1. The molecule has 1 aromatic carbocycles. The fourth-order valence-corrected chi connectivity index (χ4v) is 3.45. The first-order valence-corrected chi connectivity index (χ1v) is 6.97. The summed E-state index contributed by atoms with van der Waals surface area (Å²) in [6.45, 7) is 0. The van der Waals surface area contributed by atoms with Crippen molar-refractivity contribution in [2.75, 3.05) is 7.05 Å². The summed E-state index contributed by atoms with van der Waals surface area (Å²) in [6.07, 6.45) is 3.03. The molecule has 1 aromatic rings. The van der Waals surface area contributed by atoms with Crippen LogP contribution in [0.4, 0.5) is 0 Å². The van der Waals surface area contributed by atoms with E-state index in [1.807, 2.05) is 0 Å². The van der Waals surface area contributed by atoms with Gasteiger partial charge in [0.05, 0.1) is 12.0 Å². The van der Waals surface area contributed by atoms with E-state index < -0.39 is 0 Å². The highest BCUT2D eigenvalue weighted by Crippen LogP contribution is 2.42. The summed E-state index contributed by atoms with van der Waals surface area (Å²) < 4.78 is 1.07. The number of nitrogens with one attached hydrogen (secondary N) is 1. The number of Topliss-reactive ketones (excluding diaryl/α,β-unsaturated/α-hetero) is 1. The van der Waals surface area contributed by atoms with Crippen LogP contribution in [-0.2, 0) is 16.8 Å². The number of piperidine rings is 1. The SMILES string of the molecule is CN=C1CC(=O)C[C@]2(CCc3ccc(Br)cc32)N1. The maximum absolute atomic E-state index is 12.0. The molecule has 18 heavy (non-hydrogen) atoms. The van der Waals surface area contributed by atoms with Gasteiger partial charge in [0.15, 0.2) is 0 Å². The number of rotatable bonds is 0. The number of nitrogens with zero attached hydrogens (tertiary/aromatic N) is 1. The van der Waals surface area contributed by atoms with E-state index in [1.54, 1.807) is 7.05 Å². The van der Waals surface area contributed by atoms with Gasteiger partial charge in [-0.25, -0.2) is 0 Å². The summed E-state index contributed by atoms with van der Waals surface area (Å²) in [5.74, 6) is 1.10. The second kappa shape index (κ2) is 4.19. The lowest BCUT2D eigenvalue weighted by molar-refractivity contribution is -0.120. The lowest BCUT2D eigenvalue weighted by Gasteiger charge is -2.36. The maximum Gasteiger partial charge on any atom is 0.143 e. The van der Waals surface area contributed by atoms with Crippen molar-refractivity contribution in [2.45, 2.75) is 31.2 Å². The molecule has 1 N–H and O–H groups in total. The van der Waals surface area contributed by atoms with E-state index in [0.29, 0.717) is 12.8 Å². The van der Waals surface area contributed by atoms with Crippen molar-refractivity contribution in [2.24, 2.45) is 4.99 Å². The van der Waals surface area contributed by atoms with Crippen LogP contribution >= 0.6 is 15.9 Å². The zero-order valence-corrected chi connectivity index (χ0v) is 11.9. The van der Waals surface area contributed by atoms with Crippen molar-refractivity contribution in [1.29, 1.82) is 0 Å². The average Bonchev–Trinajstić information content (AvgIpc) is 2.67. The van der Waals surface area contributed by atoms with Crippen molar-refractivity contribution in [3.63, 3.8) is 0 Å². The maximum atomic E-state index is 12.0. The molecular weight excluding hydrogens is 292 g/mol. The minimum atomic E-state index is -0.219. The van der Waals surface area contributed by atoms with Gasteiger partial charge in [0.25, 0.3) is 0 Å². The van der Waals surface area contributed by atoms with Crippen LogP contribution in [0, 0.1) is 0 Å². The van der Waals surface area contributed by atoms with Gasteiger partial charge in [0.2, 0.25) is 0 Å². The van der Waals surface area contributed by atoms with Crippen LogP contribution in [0.25, 0.3) is 0 Å². The zero-order chi connectivity index (χ0) is 12.8. The molecular formula is C14H15BrN2O. The third-order valence-corrected chi connectivity index (χ3v) is 4.42. The Morgan fingerprint density at radius 3 is 3.06 bits per heavy atom. The highest BCUT2D eigenvalue weighted by molar-refractivity contribution is 9.10. The molecule has 1 heterocycles. The minimum absolute atomic E-state index is 0.219. The van der Waals surface area contributed by atoms with E-state index in [2.05, 4.69) is 44.4 Å².